The topological polar surface area (TPSA) is 67.0 Å². The van der Waals surface area contributed by atoms with E-state index in [9.17, 15) is 9.59 Å². The van der Waals surface area contributed by atoms with Gasteiger partial charge < -0.3 is 19.5 Å². The number of rotatable bonds is 5. The molecule has 0 unspecified atom stereocenters. The van der Waals surface area contributed by atoms with Gasteiger partial charge in [-0.3, -0.25) is 9.59 Å². The molecular weight excluding hydrogens is 366 g/mol. The number of benzene rings is 2. The highest BCUT2D eigenvalue weighted by Crippen LogP contribution is 2.23. The predicted molar refractivity (Wildman–Crippen MR) is 111 cm³/mol. The van der Waals surface area contributed by atoms with Crippen LogP contribution in [-0.4, -0.2) is 49.4 Å². The molecule has 2 heterocycles. The zero-order valence-electron chi connectivity index (χ0n) is 16.6. The Morgan fingerprint density at radius 3 is 2.48 bits per heavy atom. The fourth-order valence-electron chi connectivity index (χ4n) is 3.77. The Balaban J connectivity index is 1.27. The molecule has 0 saturated carbocycles. The third-order valence-electron chi connectivity index (χ3n) is 5.44. The van der Waals surface area contributed by atoms with Gasteiger partial charge in [0.25, 0.3) is 11.8 Å². The zero-order valence-corrected chi connectivity index (χ0v) is 16.6. The van der Waals surface area contributed by atoms with Crippen LogP contribution in [0.3, 0.4) is 0 Å². The summed E-state index contributed by atoms with van der Waals surface area (Å²) in [5, 5.41) is 4.07. The molecule has 0 aliphatic carbocycles. The second-order valence-electron chi connectivity index (χ2n) is 7.56. The lowest BCUT2D eigenvalue weighted by atomic mass is 10.2. The first-order chi connectivity index (χ1) is 14.1. The van der Waals surface area contributed by atoms with Crippen molar-refractivity contribution in [2.45, 2.75) is 13.0 Å². The summed E-state index contributed by atoms with van der Waals surface area (Å²) in [4.78, 5) is 28.1. The molecule has 2 amide bonds. The largest absolute Gasteiger partial charge is 0.459 e. The standard InChI is InChI=1S/C23H25N3O3/c1-17(21-15-19-9-5-6-10-20(19)29-21)24-22(27)16-25-11-13-26(14-12-25)23(28)18-7-3-2-4-8-18/h2-10,15,17H,11-14,16H2,1H3,(H,24,27)/p+1/t17-/m0/s1. The quantitative estimate of drug-likeness (QED) is 0.694. The minimum absolute atomic E-state index is 0.00390. The van der Waals surface area contributed by atoms with Crippen LogP contribution in [0.15, 0.2) is 65.1 Å². The van der Waals surface area contributed by atoms with Crippen molar-refractivity contribution >= 4 is 22.8 Å². The Bertz CT molecular complexity index is 958. The Morgan fingerprint density at radius 2 is 1.76 bits per heavy atom. The number of carbonyl (C=O) groups excluding carboxylic acids is 2. The summed E-state index contributed by atoms with van der Waals surface area (Å²) in [5.74, 6) is 0.816. The number of para-hydroxylation sites is 1. The van der Waals surface area contributed by atoms with E-state index in [1.165, 1.54) is 4.90 Å². The van der Waals surface area contributed by atoms with Crippen LogP contribution in [0.5, 0.6) is 0 Å². The molecular formula is C23H26N3O3+. The van der Waals surface area contributed by atoms with Crippen molar-refractivity contribution in [2.24, 2.45) is 0 Å². The van der Waals surface area contributed by atoms with E-state index in [1.54, 1.807) is 0 Å². The maximum Gasteiger partial charge on any atom is 0.275 e. The van der Waals surface area contributed by atoms with Gasteiger partial charge in [0.1, 0.15) is 11.3 Å². The van der Waals surface area contributed by atoms with Crippen LogP contribution in [-0.2, 0) is 4.79 Å². The lowest BCUT2D eigenvalue weighted by molar-refractivity contribution is -0.896. The molecule has 6 heteroatoms. The van der Waals surface area contributed by atoms with Gasteiger partial charge >= 0.3 is 0 Å². The van der Waals surface area contributed by atoms with Gasteiger partial charge in [-0.15, -0.1) is 0 Å². The zero-order chi connectivity index (χ0) is 20.2. The highest BCUT2D eigenvalue weighted by molar-refractivity contribution is 5.94. The van der Waals surface area contributed by atoms with Gasteiger partial charge in [0.2, 0.25) is 0 Å². The fourth-order valence-corrected chi connectivity index (χ4v) is 3.77. The Hall–Kier alpha value is -3.12. The molecule has 4 rings (SSSR count). The summed E-state index contributed by atoms with van der Waals surface area (Å²) in [7, 11) is 0. The van der Waals surface area contributed by atoms with E-state index in [1.807, 2.05) is 72.5 Å². The number of quaternary nitrogens is 1. The molecule has 2 aromatic carbocycles. The van der Waals surface area contributed by atoms with Crippen molar-refractivity contribution in [3.8, 4) is 0 Å². The van der Waals surface area contributed by atoms with Crippen molar-refractivity contribution in [3.05, 3.63) is 72.0 Å². The van der Waals surface area contributed by atoms with Gasteiger partial charge in [-0.25, -0.2) is 0 Å². The summed E-state index contributed by atoms with van der Waals surface area (Å²) in [6.07, 6.45) is 0. The maximum absolute atomic E-state index is 12.5. The van der Waals surface area contributed by atoms with Crippen LogP contribution in [0.1, 0.15) is 29.1 Å². The Labute approximate surface area is 170 Å². The Morgan fingerprint density at radius 1 is 1.07 bits per heavy atom. The number of carbonyl (C=O) groups is 2. The van der Waals surface area contributed by atoms with Crippen molar-refractivity contribution < 1.29 is 18.9 Å². The molecule has 3 aromatic rings. The molecule has 0 spiro atoms. The monoisotopic (exact) mass is 392 g/mol. The second kappa shape index (κ2) is 8.49. The first-order valence-corrected chi connectivity index (χ1v) is 10.1. The van der Waals surface area contributed by atoms with E-state index in [4.69, 9.17) is 4.42 Å². The van der Waals surface area contributed by atoms with Crippen LogP contribution in [0.4, 0.5) is 0 Å². The molecule has 0 bridgehead atoms. The van der Waals surface area contributed by atoms with Gasteiger partial charge in [0.05, 0.1) is 32.2 Å². The van der Waals surface area contributed by atoms with E-state index in [2.05, 4.69) is 5.32 Å². The third-order valence-corrected chi connectivity index (χ3v) is 5.44. The molecule has 1 aliphatic heterocycles. The summed E-state index contributed by atoms with van der Waals surface area (Å²) in [6, 6.07) is 19.0. The Kier molecular flexibility index (Phi) is 5.62. The van der Waals surface area contributed by atoms with Crippen molar-refractivity contribution in [1.29, 1.82) is 0 Å². The smallest absolute Gasteiger partial charge is 0.275 e. The predicted octanol–water partition coefficient (Wildman–Crippen LogP) is 1.65. The van der Waals surface area contributed by atoms with E-state index in [0.717, 1.165) is 29.8 Å². The lowest BCUT2D eigenvalue weighted by Gasteiger charge is -2.32. The van der Waals surface area contributed by atoms with Crippen molar-refractivity contribution in [1.82, 2.24) is 10.2 Å². The van der Waals surface area contributed by atoms with Crippen LogP contribution in [0.2, 0.25) is 0 Å². The normalized spacial score (nSPS) is 16.0. The number of hydrogen-bond donors (Lipinski definition) is 2. The lowest BCUT2D eigenvalue weighted by Crippen LogP contribution is -3.15. The third kappa shape index (κ3) is 4.49. The highest BCUT2D eigenvalue weighted by atomic mass is 16.3. The minimum Gasteiger partial charge on any atom is -0.459 e. The van der Waals surface area contributed by atoms with Crippen molar-refractivity contribution in [2.75, 3.05) is 32.7 Å². The fraction of sp³-hybridized carbons (Fsp3) is 0.304. The second-order valence-corrected chi connectivity index (χ2v) is 7.56. The molecule has 29 heavy (non-hydrogen) atoms. The molecule has 6 nitrogen and oxygen atoms in total. The van der Waals surface area contributed by atoms with Crippen LogP contribution in [0, 0.1) is 0 Å². The van der Waals surface area contributed by atoms with Crippen LogP contribution >= 0.6 is 0 Å². The molecule has 1 aliphatic rings. The number of fused-ring (bicyclic) bond motifs is 1. The molecule has 0 radical (unpaired) electrons. The van der Waals surface area contributed by atoms with Crippen LogP contribution < -0.4 is 10.2 Å². The van der Waals surface area contributed by atoms with Gasteiger partial charge in [-0.2, -0.15) is 0 Å². The minimum atomic E-state index is -0.185. The average molecular weight is 392 g/mol. The molecule has 1 aromatic heterocycles. The van der Waals surface area contributed by atoms with E-state index in [-0.39, 0.29) is 17.9 Å². The average Bonchev–Trinajstić information content (AvgIpc) is 3.19. The molecule has 150 valence electrons. The number of piperazine rings is 1. The number of furan rings is 1. The number of nitrogens with zero attached hydrogens (tertiary/aromatic N) is 1. The van der Waals surface area contributed by atoms with Gasteiger partial charge in [0.15, 0.2) is 6.54 Å². The van der Waals surface area contributed by atoms with Crippen LogP contribution in [0.25, 0.3) is 11.0 Å². The van der Waals surface area contributed by atoms with E-state index in [0.29, 0.717) is 25.2 Å². The summed E-state index contributed by atoms with van der Waals surface area (Å²) in [6.45, 7) is 5.19. The molecule has 1 atom stereocenters. The van der Waals surface area contributed by atoms with E-state index >= 15 is 0 Å². The number of amides is 2. The molecule has 1 fully saturated rings. The number of hydrogen-bond acceptors (Lipinski definition) is 3. The summed E-state index contributed by atoms with van der Waals surface area (Å²) < 4.78 is 5.84. The molecule has 1 saturated heterocycles. The van der Waals surface area contributed by atoms with Crippen molar-refractivity contribution in [3.63, 3.8) is 0 Å². The SMILES string of the molecule is C[C@H](NC(=O)C[NH+]1CCN(C(=O)c2ccccc2)CC1)c1cc2ccccc2o1. The van der Waals surface area contributed by atoms with Gasteiger partial charge in [0, 0.05) is 10.9 Å². The van der Waals surface area contributed by atoms with Gasteiger partial charge in [-0.05, 0) is 31.2 Å². The van der Waals surface area contributed by atoms with Gasteiger partial charge in [-0.1, -0.05) is 36.4 Å². The molecule has 2 N–H and O–H groups in total. The highest BCUT2D eigenvalue weighted by Gasteiger charge is 2.26. The summed E-state index contributed by atoms with van der Waals surface area (Å²) in [5.41, 5.74) is 1.54. The first kappa shape index (κ1) is 19.2. The summed E-state index contributed by atoms with van der Waals surface area (Å²) >= 11 is 0. The maximum atomic E-state index is 12.5. The number of nitrogens with one attached hydrogen (secondary N) is 2. The van der Waals surface area contributed by atoms with E-state index < -0.39 is 0 Å². The first-order valence-electron chi connectivity index (χ1n) is 10.1.